The van der Waals surface area contributed by atoms with Crippen LogP contribution in [0, 0.1) is 0 Å². The molecule has 0 fully saturated rings. The minimum Gasteiger partial charge on any atom is -0.421 e. The van der Waals surface area contributed by atoms with E-state index in [0.717, 1.165) is 30.2 Å². The van der Waals surface area contributed by atoms with E-state index in [0.29, 0.717) is 5.58 Å². The molecule has 84 valence electrons. The van der Waals surface area contributed by atoms with E-state index in [1.807, 2.05) is 18.2 Å². The van der Waals surface area contributed by atoms with Crippen LogP contribution < -0.4 is 11.4 Å². The predicted octanol–water partition coefficient (Wildman–Crippen LogP) is 2.72. The van der Waals surface area contributed by atoms with E-state index in [-0.39, 0.29) is 5.69 Å². The smallest absolute Gasteiger partial charge is 0.359 e. The lowest BCUT2D eigenvalue weighted by Crippen LogP contribution is -2.10. The lowest BCUT2D eigenvalue weighted by atomic mass is 10.0. The summed E-state index contributed by atoms with van der Waals surface area (Å²) in [6.45, 7) is 2.11. The van der Waals surface area contributed by atoms with Gasteiger partial charge in [0.05, 0.1) is 0 Å². The highest BCUT2D eigenvalue weighted by molar-refractivity contribution is 5.84. The van der Waals surface area contributed by atoms with Gasteiger partial charge in [-0.15, -0.1) is 0 Å². The van der Waals surface area contributed by atoms with Gasteiger partial charge in [-0.1, -0.05) is 31.5 Å². The molecule has 3 heteroatoms. The number of anilines is 1. The summed E-state index contributed by atoms with van der Waals surface area (Å²) >= 11 is 0. The second-order valence-corrected chi connectivity index (χ2v) is 3.88. The molecule has 16 heavy (non-hydrogen) atoms. The van der Waals surface area contributed by atoms with Crippen molar-refractivity contribution in [2.75, 3.05) is 5.73 Å². The summed E-state index contributed by atoms with van der Waals surface area (Å²) in [7, 11) is 0. The topological polar surface area (TPSA) is 56.2 Å². The number of fused-ring (bicyclic) bond motifs is 1. The first-order valence-electron chi connectivity index (χ1n) is 5.54. The molecule has 2 rings (SSSR count). The molecule has 0 aliphatic carbocycles. The molecule has 0 radical (unpaired) electrons. The van der Waals surface area contributed by atoms with Gasteiger partial charge in [0.15, 0.2) is 0 Å². The van der Waals surface area contributed by atoms with Crippen LogP contribution in [-0.4, -0.2) is 0 Å². The molecule has 0 saturated carbocycles. The van der Waals surface area contributed by atoms with Crippen molar-refractivity contribution in [3.8, 4) is 0 Å². The number of unbranched alkanes of at least 4 members (excludes halogenated alkanes) is 1. The molecule has 2 N–H and O–H groups in total. The van der Waals surface area contributed by atoms with Crippen LogP contribution in [0.15, 0.2) is 33.5 Å². The third-order valence-corrected chi connectivity index (χ3v) is 2.74. The summed E-state index contributed by atoms with van der Waals surface area (Å²) in [6, 6.07) is 7.52. The Morgan fingerprint density at radius 2 is 2.06 bits per heavy atom. The normalized spacial score (nSPS) is 10.8. The van der Waals surface area contributed by atoms with Gasteiger partial charge in [-0.25, -0.2) is 4.79 Å². The highest BCUT2D eigenvalue weighted by atomic mass is 16.4. The molecule has 0 aliphatic rings. The van der Waals surface area contributed by atoms with Gasteiger partial charge >= 0.3 is 5.63 Å². The van der Waals surface area contributed by atoms with Gasteiger partial charge in [0.1, 0.15) is 11.3 Å². The second-order valence-electron chi connectivity index (χ2n) is 3.88. The number of rotatable bonds is 3. The van der Waals surface area contributed by atoms with E-state index >= 15 is 0 Å². The Bertz CT molecular complexity index is 557. The van der Waals surface area contributed by atoms with E-state index < -0.39 is 5.63 Å². The fourth-order valence-electron chi connectivity index (χ4n) is 1.85. The van der Waals surface area contributed by atoms with Crippen molar-refractivity contribution in [2.45, 2.75) is 26.2 Å². The zero-order valence-corrected chi connectivity index (χ0v) is 9.32. The third-order valence-electron chi connectivity index (χ3n) is 2.74. The number of para-hydroxylation sites is 1. The molecule has 1 heterocycles. The standard InChI is InChI=1S/C13H15NO2/c1-2-3-6-10-9-7-4-5-8-11(9)16-13(15)12(10)14/h4-5,7-8H,2-3,6,14H2,1H3. The third kappa shape index (κ3) is 1.81. The minimum atomic E-state index is -0.426. The van der Waals surface area contributed by atoms with Gasteiger partial charge in [0.2, 0.25) is 0 Å². The van der Waals surface area contributed by atoms with Crippen molar-refractivity contribution >= 4 is 16.7 Å². The fourth-order valence-corrected chi connectivity index (χ4v) is 1.85. The molecule has 0 aliphatic heterocycles. The molecule has 0 bridgehead atoms. The average molecular weight is 217 g/mol. The summed E-state index contributed by atoms with van der Waals surface area (Å²) in [4.78, 5) is 11.5. The summed E-state index contributed by atoms with van der Waals surface area (Å²) in [5, 5.41) is 0.952. The van der Waals surface area contributed by atoms with E-state index in [1.165, 1.54) is 0 Å². The Labute approximate surface area is 93.9 Å². The molecule has 0 spiro atoms. The quantitative estimate of drug-likeness (QED) is 0.804. The highest BCUT2D eigenvalue weighted by Gasteiger charge is 2.10. The lowest BCUT2D eigenvalue weighted by molar-refractivity contribution is 0.562. The second kappa shape index (κ2) is 4.39. The number of nitrogens with two attached hydrogens (primary N) is 1. The van der Waals surface area contributed by atoms with Gasteiger partial charge in [-0.2, -0.15) is 0 Å². The first-order valence-corrected chi connectivity index (χ1v) is 5.54. The largest absolute Gasteiger partial charge is 0.421 e. The van der Waals surface area contributed by atoms with E-state index in [4.69, 9.17) is 10.2 Å². The van der Waals surface area contributed by atoms with Crippen molar-refractivity contribution in [1.82, 2.24) is 0 Å². The van der Waals surface area contributed by atoms with Crippen molar-refractivity contribution in [1.29, 1.82) is 0 Å². The number of nitrogen functional groups attached to an aromatic ring is 1. The molecule has 1 aromatic carbocycles. The Morgan fingerprint density at radius 3 is 2.81 bits per heavy atom. The minimum absolute atomic E-state index is 0.257. The van der Waals surface area contributed by atoms with Gasteiger partial charge in [0, 0.05) is 5.39 Å². The van der Waals surface area contributed by atoms with Crippen LogP contribution in [0.2, 0.25) is 0 Å². The molecule has 2 aromatic rings. The molecule has 3 nitrogen and oxygen atoms in total. The Kier molecular flexibility index (Phi) is 2.95. The zero-order chi connectivity index (χ0) is 11.5. The van der Waals surface area contributed by atoms with Gasteiger partial charge < -0.3 is 10.2 Å². The summed E-state index contributed by atoms with van der Waals surface area (Å²) < 4.78 is 5.13. The van der Waals surface area contributed by atoms with E-state index in [9.17, 15) is 4.79 Å². The predicted molar refractivity (Wildman–Crippen MR) is 65.5 cm³/mol. The van der Waals surface area contributed by atoms with Gasteiger partial charge in [-0.3, -0.25) is 0 Å². The van der Waals surface area contributed by atoms with Crippen molar-refractivity contribution < 1.29 is 4.42 Å². The number of hydrogen-bond donors (Lipinski definition) is 1. The number of hydrogen-bond acceptors (Lipinski definition) is 3. The maximum absolute atomic E-state index is 11.5. The molecule has 0 saturated heterocycles. The summed E-state index contributed by atoms with van der Waals surface area (Å²) in [6.07, 6.45) is 2.93. The van der Waals surface area contributed by atoms with E-state index in [2.05, 4.69) is 6.92 Å². The van der Waals surface area contributed by atoms with E-state index in [1.54, 1.807) is 6.07 Å². The van der Waals surface area contributed by atoms with Crippen LogP contribution in [0.1, 0.15) is 25.3 Å². The van der Waals surface area contributed by atoms with Crippen LogP contribution in [0.25, 0.3) is 11.0 Å². The highest BCUT2D eigenvalue weighted by Crippen LogP contribution is 2.22. The molecule has 0 atom stereocenters. The first kappa shape index (κ1) is 10.7. The summed E-state index contributed by atoms with van der Waals surface area (Å²) in [5.74, 6) is 0. The first-order chi connectivity index (χ1) is 7.74. The Balaban J connectivity index is 2.66. The monoisotopic (exact) mass is 217 g/mol. The zero-order valence-electron chi connectivity index (χ0n) is 9.32. The van der Waals surface area contributed by atoms with Gasteiger partial charge in [-0.05, 0) is 24.5 Å². The van der Waals surface area contributed by atoms with Crippen LogP contribution >= 0.6 is 0 Å². The Hall–Kier alpha value is -1.77. The van der Waals surface area contributed by atoms with Gasteiger partial charge in [0.25, 0.3) is 0 Å². The number of benzene rings is 1. The van der Waals surface area contributed by atoms with Crippen LogP contribution in [0.3, 0.4) is 0 Å². The van der Waals surface area contributed by atoms with Crippen LogP contribution in [0.4, 0.5) is 5.69 Å². The maximum atomic E-state index is 11.5. The fraction of sp³-hybridized carbons (Fsp3) is 0.308. The Morgan fingerprint density at radius 1 is 1.31 bits per heavy atom. The molecular weight excluding hydrogens is 202 g/mol. The van der Waals surface area contributed by atoms with Crippen LogP contribution in [0.5, 0.6) is 0 Å². The van der Waals surface area contributed by atoms with Crippen molar-refractivity contribution in [3.05, 3.63) is 40.2 Å². The number of aryl methyl sites for hydroxylation is 1. The maximum Gasteiger partial charge on any atom is 0.359 e. The molecule has 1 aromatic heterocycles. The average Bonchev–Trinajstić information content (AvgIpc) is 2.30. The molecule has 0 amide bonds. The lowest BCUT2D eigenvalue weighted by Gasteiger charge is -2.07. The van der Waals surface area contributed by atoms with Crippen LogP contribution in [-0.2, 0) is 6.42 Å². The molecular formula is C13H15NO2. The van der Waals surface area contributed by atoms with Crippen molar-refractivity contribution in [3.63, 3.8) is 0 Å². The summed E-state index contributed by atoms with van der Waals surface area (Å²) in [5.41, 5.74) is 7.16. The SMILES string of the molecule is CCCCc1c(N)c(=O)oc2ccccc12. The van der Waals surface area contributed by atoms with Crippen molar-refractivity contribution in [2.24, 2.45) is 0 Å². The molecule has 0 unspecified atom stereocenters.